The lowest BCUT2D eigenvalue weighted by molar-refractivity contribution is -0.0772. The summed E-state index contributed by atoms with van der Waals surface area (Å²) in [7, 11) is -0.0867. The number of ether oxygens (including phenoxy) is 1. The number of rotatable bonds is 10. The van der Waals surface area contributed by atoms with Gasteiger partial charge in [-0.15, -0.1) is 6.58 Å². The van der Waals surface area contributed by atoms with E-state index >= 15 is 0 Å². The van der Waals surface area contributed by atoms with Gasteiger partial charge < -0.3 is 14.3 Å². The molecule has 3 aliphatic rings. The maximum absolute atomic E-state index is 9.27. The summed E-state index contributed by atoms with van der Waals surface area (Å²) >= 11 is 0. The standard InChI is InChI=1S/C33H54O3Si/c1-9-33-20-19-24-22-26(35-6)15-16-27(24)30(33)25(14-12-10-11-13-21-34)23-32(5)28(33)17-18-29(32)36-37(7,8)31(2,3)4/h9,15-16,22,25,28-30,34H,1,10-14,17-21,23H2,2-8H3/t25-,28+,29-,30+,32-,33?/m0/s1. The Hall–Kier alpha value is -1.10. The van der Waals surface area contributed by atoms with Crippen molar-refractivity contribution in [3.8, 4) is 5.75 Å². The van der Waals surface area contributed by atoms with Crippen LogP contribution in [0.4, 0.5) is 0 Å². The maximum Gasteiger partial charge on any atom is 0.192 e. The summed E-state index contributed by atoms with van der Waals surface area (Å²) in [5, 5.41) is 9.50. The van der Waals surface area contributed by atoms with Crippen LogP contribution in [-0.2, 0) is 10.8 Å². The molecule has 1 aromatic carbocycles. The van der Waals surface area contributed by atoms with Crippen molar-refractivity contribution >= 4 is 8.32 Å². The molecule has 4 heteroatoms. The molecule has 3 aliphatic carbocycles. The van der Waals surface area contributed by atoms with Crippen LogP contribution in [0.1, 0.15) is 103 Å². The highest BCUT2D eigenvalue weighted by molar-refractivity contribution is 6.74. The minimum atomic E-state index is -1.87. The molecule has 4 rings (SSSR count). The monoisotopic (exact) mass is 526 g/mol. The fraction of sp³-hybridized carbons (Fsp3) is 0.758. The molecule has 37 heavy (non-hydrogen) atoms. The van der Waals surface area contributed by atoms with Crippen molar-refractivity contribution in [2.75, 3.05) is 13.7 Å². The van der Waals surface area contributed by atoms with Crippen molar-refractivity contribution in [2.24, 2.45) is 22.7 Å². The maximum atomic E-state index is 9.27. The minimum absolute atomic E-state index is 0.135. The van der Waals surface area contributed by atoms with E-state index in [1.54, 1.807) is 12.7 Å². The van der Waals surface area contributed by atoms with E-state index in [1.807, 2.05) is 0 Å². The quantitative estimate of drug-likeness (QED) is 0.188. The lowest BCUT2D eigenvalue weighted by atomic mass is 9.44. The fourth-order valence-corrected chi connectivity index (χ4v) is 9.84. The summed E-state index contributed by atoms with van der Waals surface area (Å²) in [5.74, 6) is 2.76. The number of hydrogen-bond donors (Lipinski definition) is 1. The molecule has 0 aromatic heterocycles. The van der Waals surface area contributed by atoms with Gasteiger partial charge in [-0.25, -0.2) is 0 Å². The smallest absolute Gasteiger partial charge is 0.192 e. The van der Waals surface area contributed by atoms with Crippen LogP contribution in [0.25, 0.3) is 0 Å². The van der Waals surface area contributed by atoms with Gasteiger partial charge in [-0.1, -0.05) is 59.1 Å². The van der Waals surface area contributed by atoms with Crippen molar-refractivity contribution in [3.05, 3.63) is 42.0 Å². The van der Waals surface area contributed by atoms with Gasteiger partial charge >= 0.3 is 0 Å². The van der Waals surface area contributed by atoms with Crippen LogP contribution >= 0.6 is 0 Å². The summed E-state index contributed by atoms with van der Waals surface area (Å²) in [5.41, 5.74) is 3.38. The number of aliphatic hydroxyl groups is 1. The fourth-order valence-electron chi connectivity index (χ4n) is 8.39. The first kappa shape index (κ1) is 28.9. The van der Waals surface area contributed by atoms with Crippen molar-refractivity contribution in [1.82, 2.24) is 0 Å². The summed E-state index contributed by atoms with van der Waals surface area (Å²) in [6.07, 6.45) is 14.5. The predicted octanol–water partition coefficient (Wildman–Crippen LogP) is 8.67. The van der Waals surface area contributed by atoms with Crippen molar-refractivity contribution in [3.63, 3.8) is 0 Å². The van der Waals surface area contributed by atoms with E-state index in [0.29, 0.717) is 30.5 Å². The second kappa shape index (κ2) is 10.8. The minimum Gasteiger partial charge on any atom is -0.497 e. The molecule has 3 nitrogen and oxygen atoms in total. The molecule has 0 aliphatic heterocycles. The first-order valence-electron chi connectivity index (χ1n) is 15.0. The first-order chi connectivity index (χ1) is 17.4. The SMILES string of the molecule is C=CC12CCc3cc(OC)ccc3[C@H]1[C@@H](CCCCCCO)C[C@]1(C)[C@@H](O[Si](C)(C)C(C)(C)C)CC[C@@H]21. The summed E-state index contributed by atoms with van der Waals surface area (Å²) in [4.78, 5) is 0. The molecule has 208 valence electrons. The predicted molar refractivity (Wildman–Crippen MR) is 158 cm³/mol. The van der Waals surface area contributed by atoms with Gasteiger partial charge in [0, 0.05) is 6.61 Å². The highest BCUT2D eigenvalue weighted by Gasteiger charge is 2.64. The number of methoxy groups -OCH3 is 1. The second-order valence-corrected chi connectivity index (χ2v) is 19.0. The van der Waals surface area contributed by atoms with Crippen LogP contribution in [0.5, 0.6) is 5.75 Å². The third-order valence-electron chi connectivity index (χ3n) is 11.3. The van der Waals surface area contributed by atoms with Crippen LogP contribution in [0, 0.1) is 22.7 Å². The number of hydrogen-bond acceptors (Lipinski definition) is 3. The van der Waals surface area contributed by atoms with E-state index < -0.39 is 8.32 Å². The Morgan fingerprint density at radius 2 is 1.86 bits per heavy atom. The zero-order valence-corrected chi connectivity index (χ0v) is 25.9. The van der Waals surface area contributed by atoms with Crippen molar-refractivity contribution in [1.29, 1.82) is 0 Å². The van der Waals surface area contributed by atoms with E-state index in [-0.39, 0.29) is 15.9 Å². The molecule has 0 amide bonds. The molecule has 0 spiro atoms. The Morgan fingerprint density at radius 1 is 1.14 bits per heavy atom. The summed E-state index contributed by atoms with van der Waals surface area (Å²) in [6.45, 7) is 19.5. The first-order valence-corrected chi connectivity index (χ1v) is 17.9. The lowest BCUT2D eigenvalue weighted by Crippen LogP contribution is -2.56. The second-order valence-electron chi connectivity index (χ2n) is 14.3. The van der Waals surface area contributed by atoms with Gasteiger partial charge in [0.1, 0.15) is 5.75 Å². The Morgan fingerprint density at radius 3 is 2.51 bits per heavy atom. The lowest BCUT2D eigenvalue weighted by Gasteiger charge is -2.61. The van der Waals surface area contributed by atoms with Crippen molar-refractivity contribution < 1.29 is 14.3 Å². The Bertz CT molecular complexity index is 949. The largest absolute Gasteiger partial charge is 0.497 e. The molecule has 6 atom stereocenters. The van der Waals surface area contributed by atoms with Crippen LogP contribution in [0.2, 0.25) is 18.1 Å². The van der Waals surface area contributed by atoms with Gasteiger partial charge in [-0.2, -0.15) is 0 Å². The van der Waals surface area contributed by atoms with E-state index in [0.717, 1.165) is 25.0 Å². The van der Waals surface area contributed by atoms with Gasteiger partial charge in [0.05, 0.1) is 13.2 Å². The highest BCUT2D eigenvalue weighted by atomic mass is 28.4. The molecule has 0 radical (unpaired) electrons. The molecule has 2 fully saturated rings. The Kier molecular flexibility index (Phi) is 8.44. The average Bonchev–Trinajstić information content (AvgIpc) is 3.17. The number of benzene rings is 1. The Balaban J connectivity index is 1.72. The molecular weight excluding hydrogens is 472 g/mol. The highest BCUT2D eigenvalue weighted by Crippen LogP contribution is 2.70. The number of aliphatic hydroxyl groups excluding tert-OH is 1. The van der Waals surface area contributed by atoms with Crippen molar-refractivity contribution in [2.45, 2.75) is 122 Å². The Labute approximate surface area is 228 Å². The summed E-state index contributed by atoms with van der Waals surface area (Å²) in [6, 6.07) is 6.87. The van der Waals surface area contributed by atoms with E-state index in [1.165, 1.54) is 50.5 Å². The molecule has 0 heterocycles. The molecule has 1 N–H and O–H groups in total. The zero-order valence-electron chi connectivity index (χ0n) is 24.9. The van der Waals surface area contributed by atoms with Crippen LogP contribution in [0.3, 0.4) is 0 Å². The zero-order chi connectivity index (χ0) is 27.1. The third-order valence-corrected chi connectivity index (χ3v) is 15.8. The molecule has 0 bridgehead atoms. The van der Waals surface area contributed by atoms with Gasteiger partial charge in [-0.3, -0.25) is 0 Å². The van der Waals surface area contributed by atoms with Crippen LogP contribution in [0.15, 0.2) is 30.9 Å². The van der Waals surface area contributed by atoms with Gasteiger partial charge in [0.25, 0.3) is 0 Å². The number of aryl methyl sites for hydroxylation is 1. The molecule has 0 saturated heterocycles. The van der Waals surface area contributed by atoms with Crippen LogP contribution < -0.4 is 4.74 Å². The third kappa shape index (κ3) is 5.12. The average molecular weight is 527 g/mol. The van der Waals surface area contributed by atoms with E-state index in [2.05, 4.69) is 71.6 Å². The molecule has 2 saturated carbocycles. The normalized spacial score (nSPS) is 33.4. The van der Waals surface area contributed by atoms with Gasteiger partial charge in [0.15, 0.2) is 8.32 Å². The van der Waals surface area contributed by atoms with Gasteiger partial charge in [0.2, 0.25) is 0 Å². The molecule has 1 unspecified atom stereocenters. The molecule has 1 aromatic rings. The van der Waals surface area contributed by atoms with Crippen LogP contribution in [-0.4, -0.2) is 33.2 Å². The number of allylic oxidation sites excluding steroid dienone is 1. The summed E-state index contributed by atoms with van der Waals surface area (Å²) < 4.78 is 12.9. The topological polar surface area (TPSA) is 38.7 Å². The molecular formula is C33H54O3Si. The van der Waals surface area contributed by atoms with Gasteiger partial charge in [-0.05, 0) is 115 Å². The van der Waals surface area contributed by atoms with E-state index in [4.69, 9.17) is 9.16 Å². The number of unbranched alkanes of at least 4 members (excludes halogenated alkanes) is 3. The number of fused-ring (bicyclic) bond motifs is 5. The van der Waals surface area contributed by atoms with E-state index in [9.17, 15) is 5.11 Å².